The first-order valence-electron chi connectivity index (χ1n) is 10.8. The predicted molar refractivity (Wildman–Crippen MR) is 111 cm³/mol. The van der Waals surface area contributed by atoms with Gasteiger partial charge in [0.1, 0.15) is 56.5 Å². The van der Waals surface area contributed by atoms with Crippen LogP contribution in [-0.2, 0) is 19.5 Å². The summed E-state index contributed by atoms with van der Waals surface area (Å²) in [6.07, 6.45) is 1.04. The second-order valence-electron chi connectivity index (χ2n) is 8.48. The van der Waals surface area contributed by atoms with Gasteiger partial charge in [-0.15, -0.1) is 0 Å². The number of hydrogen-bond donors (Lipinski definition) is 2. The maximum absolute atomic E-state index is 13.2. The number of nitrogens with one attached hydrogen (secondary N) is 2. The fourth-order valence-corrected chi connectivity index (χ4v) is 4.59. The number of quaternary nitrogens is 2. The van der Waals surface area contributed by atoms with E-state index < -0.39 is 0 Å². The third kappa shape index (κ3) is 3.98. The van der Waals surface area contributed by atoms with E-state index in [9.17, 15) is 4.39 Å². The molecule has 0 unspecified atom stereocenters. The molecule has 0 amide bonds. The summed E-state index contributed by atoms with van der Waals surface area (Å²) in [5.41, 5.74) is 5.70. The highest BCUT2D eigenvalue weighted by atomic mass is 19.1. The average Bonchev–Trinajstić information content (AvgIpc) is 3.37. The van der Waals surface area contributed by atoms with Crippen LogP contribution < -0.4 is 14.5 Å². The zero-order valence-electron chi connectivity index (χ0n) is 17.3. The number of halogens is 1. The van der Waals surface area contributed by atoms with Crippen LogP contribution >= 0.6 is 0 Å². The number of aromatic nitrogens is 1. The van der Waals surface area contributed by atoms with Crippen LogP contribution in [0.5, 0.6) is 5.75 Å². The zero-order valence-corrected chi connectivity index (χ0v) is 17.3. The van der Waals surface area contributed by atoms with E-state index in [2.05, 4.69) is 23.4 Å². The highest BCUT2D eigenvalue weighted by molar-refractivity contribution is 5.61. The number of benzene rings is 2. The van der Waals surface area contributed by atoms with E-state index in [1.807, 2.05) is 6.92 Å². The molecule has 156 valence electrons. The number of hydrogen-bond acceptors (Lipinski definition) is 3. The van der Waals surface area contributed by atoms with E-state index in [1.165, 1.54) is 23.3 Å². The molecule has 0 bridgehead atoms. The van der Waals surface area contributed by atoms with Crippen LogP contribution in [0.25, 0.3) is 11.3 Å². The largest absolute Gasteiger partial charge is 0.493 e. The highest BCUT2D eigenvalue weighted by Gasteiger charge is 2.26. The van der Waals surface area contributed by atoms with E-state index in [-0.39, 0.29) is 5.82 Å². The maximum atomic E-state index is 13.2. The van der Waals surface area contributed by atoms with Gasteiger partial charge in [0.25, 0.3) is 0 Å². The summed E-state index contributed by atoms with van der Waals surface area (Å²) in [4.78, 5) is 3.18. The van der Waals surface area contributed by atoms with E-state index in [0.717, 1.165) is 80.6 Å². The van der Waals surface area contributed by atoms with Gasteiger partial charge in [-0.2, -0.15) is 0 Å². The molecule has 3 aromatic rings. The highest BCUT2D eigenvalue weighted by Crippen LogP contribution is 2.26. The molecule has 5 rings (SSSR count). The second kappa shape index (κ2) is 8.20. The van der Waals surface area contributed by atoms with Gasteiger partial charge in [0, 0.05) is 23.1 Å². The van der Waals surface area contributed by atoms with Gasteiger partial charge in [-0.25, -0.2) is 4.39 Å². The van der Waals surface area contributed by atoms with Gasteiger partial charge in [0.15, 0.2) is 5.76 Å². The van der Waals surface area contributed by atoms with Crippen molar-refractivity contribution < 1.29 is 23.5 Å². The first-order chi connectivity index (χ1) is 14.7. The lowest BCUT2D eigenvalue weighted by molar-refractivity contribution is -1.02. The molecule has 0 spiro atoms. The Morgan fingerprint density at radius 1 is 0.967 bits per heavy atom. The minimum atomic E-state index is -0.242. The van der Waals surface area contributed by atoms with Crippen LogP contribution in [-0.4, -0.2) is 37.9 Å². The first kappa shape index (κ1) is 19.3. The molecule has 0 saturated carbocycles. The summed E-state index contributed by atoms with van der Waals surface area (Å²) in [5.74, 6) is 1.56. The first-order valence-corrected chi connectivity index (χ1v) is 10.8. The number of piperazine rings is 1. The van der Waals surface area contributed by atoms with Crippen molar-refractivity contribution in [2.24, 2.45) is 0 Å². The molecule has 1 fully saturated rings. The Hall–Kier alpha value is -2.70. The van der Waals surface area contributed by atoms with Gasteiger partial charge in [0.2, 0.25) is 0 Å². The molecule has 0 aliphatic carbocycles. The summed E-state index contributed by atoms with van der Waals surface area (Å²) in [5, 5.41) is 4.32. The Morgan fingerprint density at radius 2 is 1.70 bits per heavy atom. The Bertz CT molecular complexity index is 1020. The summed E-state index contributed by atoms with van der Waals surface area (Å²) in [6.45, 7) is 9.39. The summed E-state index contributed by atoms with van der Waals surface area (Å²) in [6, 6.07) is 13.1. The lowest BCUT2D eigenvalue weighted by atomic mass is 10.1. The van der Waals surface area contributed by atoms with Crippen molar-refractivity contribution in [3.63, 3.8) is 0 Å². The van der Waals surface area contributed by atoms with Crippen molar-refractivity contribution >= 4 is 0 Å². The minimum Gasteiger partial charge on any atom is -0.493 e. The SMILES string of the molecule is Cc1c(C[NH+]2CC[NH+](Cc3ccc4c(c3)CCO4)CC2)noc1-c1ccc(F)cc1. The molecule has 2 N–H and O–H groups in total. The molecule has 0 atom stereocenters. The van der Waals surface area contributed by atoms with Crippen LogP contribution in [0.1, 0.15) is 22.4 Å². The van der Waals surface area contributed by atoms with E-state index >= 15 is 0 Å². The van der Waals surface area contributed by atoms with Crippen LogP contribution in [0.4, 0.5) is 4.39 Å². The smallest absolute Gasteiger partial charge is 0.170 e. The second-order valence-corrected chi connectivity index (χ2v) is 8.48. The third-order valence-corrected chi connectivity index (χ3v) is 6.42. The van der Waals surface area contributed by atoms with Gasteiger partial charge in [0.05, 0.1) is 6.61 Å². The van der Waals surface area contributed by atoms with E-state index in [1.54, 1.807) is 21.9 Å². The van der Waals surface area contributed by atoms with Crippen molar-refractivity contribution in [1.82, 2.24) is 5.16 Å². The molecule has 2 aromatic carbocycles. The van der Waals surface area contributed by atoms with Crippen LogP contribution in [0, 0.1) is 12.7 Å². The molecular weight excluding hydrogens is 381 g/mol. The molecule has 5 nitrogen and oxygen atoms in total. The molecule has 3 heterocycles. The average molecular weight is 410 g/mol. The molecule has 6 heteroatoms. The monoisotopic (exact) mass is 409 g/mol. The summed E-state index contributed by atoms with van der Waals surface area (Å²) < 4.78 is 24.4. The van der Waals surface area contributed by atoms with Crippen molar-refractivity contribution in [3.8, 4) is 17.1 Å². The molecule has 2 aliphatic heterocycles. The van der Waals surface area contributed by atoms with Gasteiger partial charge >= 0.3 is 0 Å². The Kier molecular flexibility index (Phi) is 5.27. The van der Waals surface area contributed by atoms with Crippen molar-refractivity contribution in [1.29, 1.82) is 0 Å². The number of fused-ring (bicyclic) bond motifs is 1. The minimum absolute atomic E-state index is 0.242. The van der Waals surface area contributed by atoms with E-state index in [4.69, 9.17) is 9.26 Å². The van der Waals surface area contributed by atoms with Gasteiger partial charge < -0.3 is 19.1 Å². The van der Waals surface area contributed by atoms with E-state index in [0.29, 0.717) is 0 Å². The lowest BCUT2D eigenvalue weighted by Gasteiger charge is -2.29. The fourth-order valence-electron chi connectivity index (χ4n) is 4.59. The standard InChI is InChI=1S/C24H26FN3O2/c1-17-22(26-30-24(17)19-3-5-21(25)6-4-19)16-28-11-9-27(10-12-28)15-18-2-7-23-20(14-18)8-13-29-23/h2-7,14H,8-13,15-16H2,1H3/p+2. The van der Waals surface area contributed by atoms with Crippen LogP contribution in [0.2, 0.25) is 0 Å². The summed E-state index contributed by atoms with van der Waals surface area (Å²) >= 11 is 0. The predicted octanol–water partition coefficient (Wildman–Crippen LogP) is 1.21. The topological polar surface area (TPSA) is 44.1 Å². The van der Waals surface area contributed by atoms with Crippen molar-refractivity contribution in [2.75, 3.05) is 32.8 Å². The van der Waals surface area contributed by atoms with Gasteiger partial charge in [-0.3, -0.25) is 0 Å². The van der Waals surface area contributed by atoms with Gasteiger partial charge in [-0.1, -0.05) is 5.16 Å². The Morgan fingerprint density at radius 3 is 2.47 bits per heavy atom. The third-order valence-electron chi connectivity index (χ3n) is 6.42. The normalized spacial score (nSPS) is 20.7. The number of nitrogens with zero attached hydrogens (tertiary/aromatic N) is 1. The zero-order chi connectivity index (χ0) is 20.5. The van der Waals surface area contributed by atoms with Crippen LogP contribution in [0.3, 0.4) is 0 Å². The van der Waals surface area contributed by atoms with Crippen molar-refractivity contribution in [2.45, 2.75) is 26.4 Å². The molecule has 2 aliphatic rings. The maximum Gasteiger partial charge on any atom is 0.170 e. The molecule has 0 radical (unpaired) electrons. The number of rotatable bonds is 5. The van der Waals surface area contributed by atoms with Gasteiger partial charge in [-0.05, 0) is 55.0 Å². The fraction of sp³-hybridized carbons (Fsp3) is 0.375. The number of ether oxygens (including phenoxy) is 1. The Labute approximate surface area is 176 Å². The molecular formula is C24H28FN3O2+2. The molecule has 1 saturated heterocycles. The lowest BCUT2D eigenvalue weighted by Crippen LogP contribution is -3.27. The molecule has 30 heavy (non-hydrogen) atoms. The molecule has 1 aromatic heterocycles. The Balaban J connectivity index is 1.17. The summed E-state index contributed by atoms with van der Waals surface area (Å²) in [7, 11) is 0. The van der Waals surface area contributed by atoms with Crippen molar-refractivity contribution in [3.05, 3.63) is 70.7 Å². The quantitative estimate of drug-likeness (QED) is 0.666. The van der Waals surface area contributed by atoms with Crippen LogP contribution in [0.15, 0.2) is 47.0 Å².